The highest BCUT2D eigenvalue weighted by Gasteiger charge is 2.36. The lowest BCUT2D eigenvalue weighted by molar-refractivity contribution is -0.139. The van der Waals surface area contributed by atoms with Gasteiger partial charge in [-0.15, -0.1) is 0 Å². The van der Waals surface area contributed by atoms with Gasteiger partial charge in [-0.05, 0) is 35.9 Å². The van der Waals surface area contributed by atoms with Gasteiger partial charge in [0.2, 0.25) is 0 Å². The minimum atomic E-state index is -4.64. The number of alkyl halides is 3. The predicted octanol–water partition coefficient (Wildman–Crippen LogP) is 5.11. The van der Waals surface area contributed by atoms with E-state index in [2.05, 4.69) is 4.98 Å². The van der Waals surface area contributed by atoms with Gasteiger partial charge in [-0.2, -0.15) is 18.4 Å². The predicted molar refractivity (Wildman–Crippen MR) is 104 cm³/mol. The number of carbonyl (C=O) groups excluding carboxylic acids is 1. The molecule has 0 fully saturated rings. The molecule has 0 N–H and O–H groups in total. The van der Waals surface area contributed by atoms with E-state index in [1.807, 2.05) is 6.07 Å². The normalized spacial score (nSPS) is 14.2. The van der Waals surface area contributed by atoms with Gasteiger partial charge in [-0.1, -0.05) is 12.1 Å². The molecule has 0 amide bonds. The molecule has 8 heteroatoms. The highest BCUT2D eigenvalue weighted by atomic mass is 19.4. The smallest absolute Gasteiger partial charge is 0.418 e. The molecule has 0 spiro atoms. The molecule has 0 saturated carbocycles. The Bertz CT molecular complexity index is 1170. The third-order valence-corrected chi connectivity index (χ3v) is 4.88. The average Bonchev–Trinajstić information content (AvgIpc) is 2.77. The van der Waals surface area contributed by atoms with Crippen molar-refractivity contribution >= 4 is 5.78 Å². The molecule has 2 heterocycles. The molecule has 31 heavy (non-hydrogen) atoms. The number of hydrogen-bond donors (Lipinski definition) is 0. The molecule has 3 aromatic rings. The Morgan fingerprint density at radius 3 is 2.61 bits per heavy atom. The molecule has 0 radical (unpaired) electrons. The summed E-state index contributed by atoms with van der Waals surface area (Å²) in [5.74, 6) is 0.510. The number of nitriles is 1. The maximum atomic E-state index is 13.7. The summed E-state index contributed by atoms with van der Waals surface area (Å²) in [5.41, 5.74) is 0.156. The number of pyridine rings is 1. The maximum absolute atomic E-state index is 13.7. The summed E-state index contributed by atoms with van der Waals surface area (Å²) in [4.78, 5) is 15.6. The van der Waals surface area contributed by atoms with Gasteiger partial charge in [-0.3, -0.25) is 9.78 Å². The summed E-state index contributed by atoms with van der Waals surface area (Å²) in [6.45, 7) is 0.233. The number of aromatic nitrogens is 1. The lowest BCUT2D eigenvalue weighted by Crippen LogP contribution is -2.18. The van der Waals surface area contributed by atoms with Crippen molar-refractivity contribution in [2.45, 2.75) is 18.7 Å². The van der Waals surface area contributed by atoms with E-state index in [1.54, 1.807) is 18.2 Å². The van der Waals surface area contributed by atoms with Crippen LogP contribution in [0.5, 0.6) is 11.5 Å². The fourth-order valence-electron chi connectivity index (χ4n) is 3.36. The Labute approximate surface area is 175 Å². The molecule has 0 aliphatic carbocycles. The minimum absolute atomic E-state index is 0.0649. The van der Waals surface area contributed by atoms with E-state index in [9.17, 15) is 18.0 Å². The number of carbonyl (C=O) groups is 1. The van der Waals surface area contributed by atoms with Crippen LogP contribution in [0.2, 0.25) is 0 Å². The Balaban J connectivity index is 1.79. The van der Waals surface area contributed by atoms with Gasteiger partial charge in [0.1, 0.15) is 17.6 Å². The van der Waals surface area contributed by atoms with E-state index < -0.39 is 17.8 Å². The van der Waals surface area contributed by atoms with Gasteiger partial charge in [0.25, 0.3) is 0 Å². The molecule has 1 atom stereocenters. The average molecular weight is 424 g/mol. The summed E-state index contributed by atoms with van der Waals surface area (Å²) >= 11 is 0. The lowest BCUT2D eigenvalue weighted by Gasteiger charge is -2.24. The van der Waals surface area contributed by atoms with Crippen LogP contribution in [0.25, 0.3) is 0 Å². The van der Waals surface area contributed by atoms with E-state index in [-0.39, 0.29) is 30.1 Å². The molecule has 0 saturated heterocycles. The first-order valence-electron chi connectivity index (χ1n) is 9.34. The molecule has 4 rings (SSSR count). The van der Waals surface area contributed by atoms with Crippen LogP contribution in [0.4, 0.5) is 13.2 Å². The highest BCUT2D eigenvalue weighted by molar-refractivity contribution is 5.99. The van der Waals surface area contributed by atoms with Crippen LogP contribution in [-0.2, 0) is 6.18 Å². The number of benzene rings is 2. The molecule has 0 bridgehead atoms. The van der Waals surface area contributed by atoms with Crippen LogP contribution in [0.15, 0.2) is 60.9 Å². The summed E-state index contributed by atoms with van der Waals surface area (Å²) in [5, 5.41) is 9.02. The molecule has 2 aromatic carbocycles. The molecule has 1 aliphatic heterocycles. The first-order valence-corrected chi connectivity index (χ1v) is 9.34. The molecule has 156 valence electrons. The standard InChI is InChI=1S/C23H15F3N2O3/c24-23(25,26)19-13-28-9-7-17(19)22(15-3-1-14(12-27)2-4-15)31-16-5-6-18-20(29)8-10-30-21(18)11-16/h1-7,9,11,13,22H,8,10H2. The third kappa shape index (κ3) is 4.21. The van der Waals surface area contributed by atoms with Crippen LogP contribution in [-0.4, -0.2) is 17.4 Å². The van der Waals surface area contributed by atoms with Gasteiger partial charge >= 0.3 is 6.18 Å². The van der Waals surface area contributed by atoms with Gasteiger partial charge in [-0.25, -0.2) is 0 Å². The second kappa shape index (κ2) is 8.11. The van der Waals surface area contributed by atoms with Crippen molar-refractivity contribution in [1.29, 1.82) is 5.26 Å². The second-order valence-electron chi connectivity index (χ2n) is 6.87. The Kier molecular flexibility index (Phi) is 5.34. The monoisotopic (exact) mass is 424 g/mol. The molecular formula is C23H15F3N2O3. The number of ketones is 1. The van der Waals surface area contributed by atoms with Crippen LogP contribution in [0.1, 0.15) is 45.1 Å². The third-order valence-electron chi connectivity index (χ3n) is 4.88. The van der Waals surface area contributed by atoms with Gasteiger partial charge in [0.05, 0.1) is 29.4 Å². The number of Topliss-reactive ketones (excluding diaryl/α,β-unsaturated/α-hetero) is 1. The quantitative estimate of drug-likeness (QED) is 0.582. The highest BCUT2D eigenvalue weighted by Crippen LogP contribution is 2.39. The van der Waals surface area contributed by atoms with E-state index >= 15 is 0 Å². The number of nitrogens with zero attached hydrogens (tertiary/aromatic N) is 2. The van der Waals surface area contributed by atoms with Crippen molar-refractivity contribution in [2.24, 2.45) is 0 Å². The molecule has 1 aromatic heterocycles. The van der Waals surface area contributed by atoms with Gasteiger partial charge < -0.3 is 9.47 Å². The fourth-order valence-corrected chi connectivity index (χ4v) is 3.36. The van der Waals surface area contributed by atoms with Crippen molar-refractivity contribution in [3.05, 3.63) is 88.7 Å². The van der Waals surface area contributed by atoms with Crippen molar-refractivity contribution in [3.63, 3.8) is 0 Å². The zero-order chi connectivity index (χ0) is 22.0. The summed E-state index contributed by atoms with van der Waals surface area (Å²) < 4.78 is 52.5. The van der Waals surface area contributed by atoms with Crippen molar-refractivity contribution in [2.75, 3.05) is 6.61 Å². The van der Waals surface area contributed by atoms with Gasteiger partial charge in [0.15, 0.2) is 5.78 Å². The van der Waals surface area contributed by atoms with Crippen LogP contribution in [0.3, 0.4) is 0 Å². The van der Waals surface area contributed by atoms with Crippen LogP contribution >= 0.6 is 0 Å². The van der Waals surface area contributed by atoms with Crippen LogP contribution in [0, 0.1) is 11.3 Å². The number of halogens is 3. The van der Waals surface area contributed by atoms with Gasteiger partial charge in [0, 0.05) is 30.4 Å². The second-order valence-corrected chi connectivity index (χ2v) is 6.87. The Morgan fingerprint density at radius 2 is 1.90 bits per heavy atom. The number of hydrogen-bond acceptors (Lipinski definition) is 5. The Morgan fingerprint density at radius 1 is 1.13 bits per heavy atom. The Hall–Kier alpha value is -3.86. The topological polar surface area (TPSA) is 72.2 Å². The van der Waals surface area contributed by atoms with E-state index in [4.69, 9.17) is 14.7 Å². The zero-order valence-corrected chi connectivity index (χ0v) is 16.0. The SMILES string of the molecule is N#Cc1ccc(C(Oc2ccc3c(c2)OCCC3=O)c2ccncc2C(F)(F)F)cc1. The largest absolute Gasteiger partial charge is 0.492 e. The summed E-state index contributed by atoms with van der Waals surface area (Å²) in [6.07, 6.45) is -3.48. The molecule has 1 unspecified atom stereocenters. The number of ether oxygens (including phenoxy) is 2. The number of fused-ring (bicyclic) bond motifs is 1. The fraction of sp³-hybridized carbons (Fsp3) is 0.174. The zero-order valence-electron chi connectivity index (χ0n) is 16.0. The lowest BCUT2D eigenvalue weighted by atomic mass is 9.97. The minimum Gasteiger partial charge on any atom is -0.492 e. The molecule has 1 aliphatic rings. The van der Waals surface area contributed by atoms with Crippen LogP contribution < -0.4 is 9.47 Å². The van der Waals surface area contributed by atoms with E-state index in [0.717, 1.165) is 6.20 Å². The van der Waals surface area contributed by atoms with Crippen molar-refractivity contribution < 1.29 is 27.4 Å². The molecule has 5 nitrogen and oxygen atoms in total. The first-order chi connectivity index (χ1) is 14.9. The number of rotatable bonds is 4. The van der Waals surface area contributed by atoms with Crippen molar-refractivity contribution in [1.82, 2.24) is 4.98 Å². The van der Waals surface area contributed by atoms with E-state index in [0.29, 0.717) is 22.4 Å². The van der Waals surface area contributed by atoms with E-state index in [1.165, 1.54) is 36.5 Å². The first kappa shape index (κ1) is 20.4. The summed E-state index contributed by atoms with van der Waals surface area (Å²) in [6, 6.07) is 13.9. The maximum Gasteiger partial charge on any atom is 0.418 e. The molecular weight excluding hydrogens is 409 g/mol. The van der Waals surface area contributed by atoms with Crippen molar-refractivity contribution in [3.8, 4) is 17.6 Å². The summed E-state index contributed by atoms with van der Waals surface area (Å²) in [7, 11) is 0.